The second kappa shape index (κ2) is 6.29. The molecule has 1 aliphatic rings. The van der Waals surface area contributed by atoms with Crippen LogP contribution in [0.3, 0.4) is 0 Å². The molecular formula is C20H19N3O3. The first-order valence-corrected chi connectivity index (χ1v) is 8.50. The van der Waals surface area contributed by atoms with Crippen LogP contribution in [-0.2, 0) is 11.3 Å². The van der Waals surface area contributed by atoms with Gasteiger partial charge in [-0.25, -0.2) is 0 Å². The average Bonchev–Trinajstić information content (AvgIpc) is 3.10. The van der Waals surface area contributed by atoms with E-state index in [1.54, 1.807) is 11.8 Å². The van der Waals surface area contributed by atoms with E-state index in [4.69, 9.17) is 9.26 Å². The summed E-state index contributed by atoms with van der Waals surface area (Å²) in [6, 6.07) is 13.5. The molecule has 26 heavy (non-hydrogen) atoms. The molecule has 1 atom stereocenters. The standard InChI is InChI=1S/C20H19N3O3/c1-12-8-9-15(10-13(12)2)19-21-18(26-22-19)11-23-16-6-4-5-7-17(16)25-14(3)20(23)24/h4-10,14H,11H2,1-3H3. The molecule has 0 saturated carbocycles. The number of amides is 1. The molecule has 132 valence electrons. The number of para-hydroxylation sites is 2. The van der Waals surface area contributed by atoms with Crippen molar-refractivity contribution in [1.29, 1.82) is 0 Å². The van der Waals surface area contributed by atoms with Crippen LogP contribution in [0.4, 0.5) is 5.69 Å². The molecule has 3 aromatic rings. The number of nitrogens with zero attached hydrogens (tertiary/aromatic N) is 3. The van der Waals surface area contributed by atoms with E-state index < -0.39 is 6.10 Å². The molecule has 1 amide bonds. The van der Waals surface area contributed by atoms with Crippen molar-refractivity contribution in [2.24, 2.45) is 0 Å². The Morgan fingerprint density at radius 1 is 1.12 bits per heavy atom. The fourth-order valence-electron chi connectivity index (χ4n) is 2.97. The number of aromatic nitrogens is 2. The summed E-state index contributed by atoms with van der Waals surface area (Å²) in [6.07, 6.45) is -0.549. The van der Waals surface area contributed by atoms with Crippen molar-refractivity contribution in [2.75, 3.05) is 4.90 Å². The van der Waals surface area contributed by atoms with E-state index in [2.05, 4.69) is 17.1 Å². The summed E-state index contributed by atoms with van der Waals surface area (Å²) in [5, 5.41) is 4.07. The minimum Gasteiger partial charge on any atom is -0.479 e. The number of hydrogen-bond acceptors (Lipinski definition) is 5. The topological polar surface area (TPSA) is 68.5 Å². The normalized spacial score (nSPS) is 16.3. The van der Waals surface area contributed by atoms with E-state index >= 15 is 0 Å². The second-order valence-electron chi connectivity index (χ2n) is 6.46. The van der Waals surface area contributed by atoms with E-state index in [0.717, 1.165) is 5.56 Å². The molecule has 0 bridgehead atoms. The van der Waals surface area contributed by atoms with Gasteiger partial charge in [0.2, 0.25) is 11.7 Å². The Morgan fingerprint density at radius 2 is 1.92 bits per heavy atom. The van der Waals surface area contributed by atoms with Gasteiger partial charge in [-0.15, -0.1) is 0 Å². The van der Waals surface area contributed by atoms with Crippen molar-refractivity contribution >= 4 is 11.6 Å². The molecule has 1 unspecified atom stereocenters. The van der Waals surface area contributed by atoms with Crippen LogP contribution in [0.25, 0.3) is 11.4 Å². The highest BCUT2D eigenvalue weighted by Crippen LogP contribution is 2.34. The number of anilines is 1. The molecule has 0 aliphatic carbocycles. The number of fused-ring (bicyclic) bond motifs is 1. The summed E-state index contributed by atoms with van der Waals surface area (Å²) < 4.78 is 11.0. The smallest absolute Gasteiger partial charge is 0.268 e. The van der Waals surface area contributed by atoms with Crippen LogP contribution in [0.5, 0.6) is 5.75 Å². The van der Waals surface area contributed by atoms with Gasteiger partial charge in [-0.3, -0.25) is 9.69 Å². The molecule has 0 fully saturated rings. The van der Waals surface area contributed by atoms with Crippen LogP contribution >= 0.6 is 0 Å². The Bertz CT molecular complexity index is 980. The third-order valence-corrected chi connectivity index (χ3v) is 4.60. The number of carbonyl (C=O) groups excluding carboxylic acids is 1. The van der Waals surface area contributed by atoms with Gasteiger partial charge in [-0.2, -0.15) is 4.98 Å². The Balaban J connectivity index is 1.63. The van der Waals surface area contributed by atoms with Gasteiger partial charge < -0.3 is 9.26 Å². The lowest BCUT2D eigenvalue weighted by Crippen LogP contribution is -2.44. The zero-order valence-electron chi connectivity index (χ0n) is 14.9. The number of rotatable bonds is 3. The van der Waals surface area contributed by atoms with Crippen LogP contribution in [0, 0.1) is 13.8 Å². The van der Waals surface area contributed by atoms with Crippen LogP contribution in [-0.4, -0.2) is 22.2 Å². The summed E-state index contributed by atoms with van der Waals surface area (Å²) in [5.74, 6) is 1.45. The van der Waals surface area contributed by atoms with Gasteiger partial charge in [0, 0.05) is 5.56 Å². The van der Waals surface area contributed by atoms with Crippen molar-refractivity contribution < 1.29 is 14.1 Å². The number of aryl methyl sites for hydroxylation is 2. The van der Waals surface area contributed by atoms with Crippen LogP contribution < -0.4 is 9.64 Å². The molecule has 4 rings (SSSR count). The lowest BCUT2D eigenvalue weighted by atomic mass is 10.1. The third-order valence-electron chi connectivity index (χ3n) is 4.60. The van der Waals surface area contributed by atoms with Gasteiger partial charge in [0.15, 0.2) is 6.10 Å². The average molecular weight is 349 g/mol. The summed E-state index contributed by atoms with van der Waals surface area (Å²) in [7, 11) is 0. The molecule has 1 aromatic heterocycles. The molecule has 1 aliphatic heterocycles. The molecular weight excluding hydrogens is 330 g/mol. The van der Waals surface area contributed by atoms with E-state index in [-0.39, 0.29) is 12.5 Å². The first-order valence-electron chi connectivity index (χ1n) is 8.50. The van der Waals surface area contributed by atoms with E-state index in [1.165, 1.54) is 11.1 Å². The van der Waals surface area contributed by atoms with Gasteiger partial charge >= 0.3 is 0 Å². The van der Waals surface area contributed by atoms with Gasteiger partial charge in [0.25, 0.3) is 5.91 Å². The third kappa shape index (κ3) is 2.83. The van der Waals surface area contributed by atoms with Crippen molar-refractivity contribution in [3.05, 3.63) is 59.5 Å². The SMILES string of the molecule is Cc1ccc(-c2noc(CN3C(=O)C(C)Oc4ccccc43)n2)cc1C. The van der Waals surface area contributed by atoms with Crippen molar-refractivity contribution in [1.82, 2.24) is 10.1 Å². The second-order valence-corrected chi connectivity index (χ2v) is 6.46. The minimum atomic E-state index is -0.549. The number of carbonyl (C=O) groups is 1. The van der Waals surface area contributed by atoms with Crippen LogP contribution in [0.2, 0.25) is 0 Å². The van der Waals surface area contributed by atoms with Gasteiger partial charge in [-0.1, -0.05) is 29.4 Å². The summed E-state index contributed by atoms with van der Waals surface area (Å²) in [4.78, 5) is 18.7. The zero-order chi connectivity index (χ0) is 18.3. The first kappa shape index (κ1) is 16.3. The molecule has 6 nitrogen and oxygen atoms in total. The highest BCUT2D eigenvalue weighted by molar-refractivity contribution is 5.99. The molecule has 0 spiro atoms. The first-order chi connectivity index (χ1) is 12.5. The summed E-state index contributed by atoms with van der Waals surface area (Å²) in [5.41, 5.74) is 3.98. The maximum absolute atomic E-state index is 12.6. The van der Waals surface area contributed by atoms with Crippen molar-refractivity contribution in [3.63, 3.8) is 0 Å². The Kier molecular flexibility index (Phi) is 3.95. The molecule has 0 saturated heterocycles. The quantitative estimate of drug-likeness (QED) is 0.722. The fourth-order valence-corrected chi connectivity index (χ4v) is 2.97. The Labute approximate surface area is 151 Å². The maximum atomic E-state index is 12.6. The predicted molar refractivity (Wildman–Crippen MR) is 96.9 cm³/mol. The number of ether oxygens (including phenoxy) is 1. The molecule has 6 heteroatoms. The van der Waals surface area contributed by atoms with Crippen molar-refractivity contribution in [2.45, 2.75) is 33.4 Å². The zero-order valence-corrected chi connectivity index (χ0v) is 14.9. The highest BCUT2D eigenvalue weighted by Gasteiger charge is 2.32. The molecule has 2 heterocycles. The van der Waals surface area contributed by atoms with Crippen LogP contribution in [0.1, 0.15) is 23.9 Å². The summed E-state index contributed by atoms with van der Waals surface area (Å²) >= 11 is 0. The van der Waals surface area contributed by atoms with E-state index in [9.17, 15) is 4.79 Å². The van der Waals surface area contributed by atoms with Gasteiger partial charge in [-0.05, 0) is 50.1 Å². The minimum absolute atomic E-state index is 0.130. The lowest BCUT2D eigenvalue weighted by molar-refractivity contribution is -0.125. The summed E-state index contributed by atoms with van der Waals surface area (Å²) in [6.45, 7) is 6.05. The Morgan fingerprint density at radius 3 is 2.73 bits per heavy atom. The monoisotopic (exact) mass is 349 g/mol. The van der Waals surface area contributed by atoms with Crippen LogP contribution in [0.15, 0.2) is 47.0 Å². The lowest BCUT2D eigenvalue weighted by Gasteiger charge is -2.31. The number of benzene rings is 2. The highest BCUT2D eigenvalue weighted by atomic mass is 16.5. The molecule has 0 radical (unpaired) electrons. The van der Waals surface area contributed by atoms with Gasteiger partial charge in [0.1, 0.15) is 12.3 Å². The van der Waals surface area contributed by atoms with Crippen molar-refractivity contribution in [3.8, 4) is 17.1 Å². The predicted octanol–water partition coefficient (Wildman–Crippen LogP) is 3.67. The van der Waals surface area contributed by atoms with E-state index in [0.29, 0.717) is 23.2 Å². The largest absolute Gasteiger partial charge is 0.479 e. The van der Waals surface area contributed by atoms with Gasteiger partial charge in [0.05, 0.1) is 5.69 Å². The maximum Gasteiger partial charge on any atom is 0.268 e. The van der Waals surface area contributed by atoms with E-state index in [1.807, 2.05) is 49.4 Å². The fraction of sp³-hybridized carbons (Fsp3) is 0.250. The molecule has 0 N–H and O–H groups in total. The number of hydrogen-bond donors (Lipinski definition) is 0. The Hall–Kier alpha value is -3.15. The molecule has 2 aromatic carbocycles.